The van der Waals surface area contributed by atoms with Crippen LogP contribution >= 0.6 is 0 Å². The molecule has 2 atom stereocenters. The summed E-state index contributed by atoms with van der Waals surface area (Å²) >= 11 is 0. The zero-order chi connectivity index (χ0) is 22.3. The van der Waals surface area contributed by atoms with Crippen molar-refractivity contribution < 1.29 is 19.2 Å². The van der Waals surface area contributed by atoms with Crippen molar-refractivity contribution in [3.8, 4) is 0 Å². The third-order valence-corrected chi connectivity index (χ3v) is 5.73. The Labute approximate surface area is 177 Å². The first-order chi connectivity index (χ1) is 13.9. The number of urea groups is 1. The van der Waals surface area contributed by atoms with Crippen molar-refractivity contribution in [1.29, 1.82) is 0 Å². The number of benzene rings is 1. The van der Waals surface area contributed by atoms with Gasteiger partial charge >= 0.3 is 6.03 Å². The molecule has 8 heteroatoms. The molecule has 2 unspecified atom stereocenters. The number of nitrogens with zero attached hydrogens (tertiary/aromatic N) is 2. The molecule has 0 aromatic heterocycles. The number of carbonyl (C=O) groups is 4. The zero-order valence-electron chi connectivity index (χ0n) is 18.2. The molecule has 1 aromatic carbocycles. The Morgan fingerprint density at radius 3 is 2.57 bits per heavy atom. The van der Waals surface area contributed by atoms with Crippen LogP contribution in [0.3, 0.4) is 0 Å². The number of carbonyl (C=O) groups excluding carboxylic acids is 4. The molecule has 5 amide bonds. The molecule has 8 nitrogen and oxygen atoms in total. The van der Waals surface area contributed by atoms with Crippen LogP contribution < -0.4 is 10.6 Å². The smallest absolute Gasteiger partial charge is 0.325 e. The Morgan fingerprint density at radius 2 is 1.93 bits per heavy atom. The zero-order valence-corrected chi connectivity index (χ0v) is 18.2. The van der Waals surface area contributed by atoms with Crippen molar-refractivity contribution in [2.24, 2.45) is 11.3 Å². The molecule has 1 aromatic rings. The van der Waals surface area contributed by atoms with Crippen molar-refractivity contribution in [3.63, 3.8) is 0 Å². The van der Waals surface area contributed by atoms with Crippen LogP contribution in [0.2, 0.25) is 0 Å². The molecule has 3 rings (SSSR count). The molecule has 162 valence electrons. The van der Waals surface area contributed by atoms with E-state index in [9.17, 15) is 19.2 Å². The molecule has 2 N–H and O–H groups in total. The van der Waals surface area contributed by atoms with Crippen LogP contribution in [-0.2, 0) is 9.59 Å². The molecule has 1 saturated heterocycles. The first-order valence-electron chi connectivity index (χ1n) is 10.2. The van der Waals surface area contributed by atoms with Gasteiger partial charge in [-0.1, -0.05) is 26.8 Å². The van der Waals surface area contributed by atoms with Crippen LogP contribution in [0.15, 0.2) is 24.3 Å². The van der Waals surface area contributed by atoms with Gasteiger partial charge in [-0.3, -0.25) is 19.3 Å². The molecule has 1 saturated carbocycles. The molecule has 1 aliphatic heterocycles. The maximum atomic E-state index is 13.1. The average Bonchev–Trinajstić information content (AvgIpc) is 2.82. The summed E-state index contributed by atoms with van der Waals surface area (Å²) in [7, 11) is 3.29. The minimum atomic E-state index is -0.934. The summed E-state index contributed by atoms with van der Waals surface area (Å²) in [4.78, 5) is 52.8. The quantitative estimate of drug-likeness (QED) is 0.740. The van der Waals surface area contributed by atoms with Crippen molar-refractivity contribution >= 4 is 29.4 Å². The van der Waals surface area contributed by atoms with Gasteiger partial charge in [0.1, 0.15) is 12.1 Å². The van der Waals surface area contributed by atoms with Gasteiger partial charge < -0.3 is 15.5 Å². The van der Waals surface area contributed by atoms with E-state index < -0.39 is 17.5 Å². The Morgan fingerprint density at radius 1 is 1.23 bits per heavy atom. The van der Waals surface area contributed by atoms with E-state index in [1.807, 2.05) is 0 Å². The van der Waals surface area contributed by atoms with E-state index in [-0.39, 0.29) is 23.8 Å². The standard InChI is InChI=1S/C22H30N4O4/c1-14-10-21(2,3)13-22(11-14)19(29)26(20(30)24-22)12-17(27)23-16-8-6-7-15(9-16)18(28)25(4)5/h6-9,14H,10-13H2,1-5H3,(H,23,27)(H,24,30). The monoisotopic (exact) mass is 414 g/mol. The second kappa shape index (κ2) is 7.74. The summed E-state index contributed by atoms with van der Waals surface area (Å²) in [6, 6.07) is 6.02. The third kappa shape index (κ3) is 4.32. The van der Waals surface area contributed by atoms with Crippen molar-refractivity contribution in [1.82, 2.24) is 15.1 Å². The SMILES string of the molecule is CC1CC(C)(C)CC2(C1)NC(=O)N(CC(=O)Nc1cccc(C(=O)N(C)C)c1)C2=O. The van der Waals surface area contributed by atoms with Crippen LogP contribution in [0.25, 0.3) is 0 Å². The van der Waals surface area contributed by atoms with E-state index in [0.717, 1.165) is 11.3 Å². The Balaban J connectivity index is 1.70. The van der Waals surface area contributed by atoms with E-state index in [2.05, 4.69) is 31.4 Å². The van der Waals surface area contributed by atoms with Crippen LogP contribution in [-0.4, -0.2) is 59.7 Å². The Hall–Kier alpha value is -2.90. The number of hydrogen-bond donors (Lipinski definition) is 2. The van der Waals surface area contributed by atoms with Crippen LogP contribution in [0, 0.1) is 11.3 Å². The van der Waals surface area contributed by atoms with Gasteiger partial charge in [-0.15, -0.1) is 0 Å². The highest BCUT2D eigenvalue weighted by Crippen LogP contribution is 2.46. The predicted octanol–water partition coefficient (Wildman–Crippen LogP) is 2.46. The minimum absolute atomic E-state index is 0.0711. The molecular weight excluding hydrogens is 384 g/mol. The first kappa shape index (κ1) is 21.8. The first-order valence-corrected chi connectivity index (χ1v) is 10.2. The molecule has 2 aliphatic rings. The van der Waals surface area contributed by atoms with Crippen molar-refractivity contribution in [2.45, 2.75) is 45.6 Å². The van der Waals surface area contributed by atoms with Gasteiger partial charge in [-0.2, -0.15) is 0 Å². The normalized spacial score (nSPS) is 25.2. The molecule has 0 bridgehead atoms. The van der Waals surface area contributed by atoms with E-state index in [4.69, 9.17) is 0 Å². The molecule has 1 heterocycles. The van der Waals surface area contributed by atoms with Crippen LogP contribution in [0.5, 0.6) is 0 Å². The number of anilines is 1. The Kier molecular flexibility index (Phi) is 5.62. The topological polar surface area (TPSA) is 98.8 Å². The number of rotatable bonds is 4. The summed E-state index contributed by atoms with van der Waals surface area (Å²) in [5.41, 5.74) is -0.137. The molecular formula is C22H30N4O4. The molecule has 1 spiro atoms. The molecule has 2 fully saturated rings. The number of nitrogens with one attached hydrogen (secondary N) is 2. The molecule has 0 radical (unpaired) electrons. The van der Waals surface area contributed by atoms with Gasteiger partial charge in [0.15, 0.2) is 0 Å². The van der Waals surface area contributed by atoms with Gasteiger partial charge in [-0.25, -0.2) is 4.79 Å². The average molecular weight is 415 g/mol. The lowest BCUT2D eigenvalue weighted by molar-refractivity contribution is -0.136. The van der Waals surface area contributed by atoms with Crippen molar-refractivity contribution in [3.05, 3.63) is 29.8 Å². The highest BCUT2D eigenvalue weighted by Gasteiger charge is 2.56. The molecule has 1 aliphatic carbocycles. The maximum absolute atomic E-state index is 13.1. The summed E-state index contributed by atoms with van der Waals surface area (Å²) in [5.74, 6) is -0.716. The fourth-order valence-electron chi connectivity index (χ4n) is 4.98. The summed E-state index contributed by atoms with van der Waals surface area (Å²) in [5, 5.41) is 5.55. The third-order valence-electron chi connectivity index (χ3n) is 5.73. The number of imide groups is 1. The number of amides is 5. The summed E-state index contributed by atoms with van der Waals surface area (Å²) in [6.07, 6.45) is 2.12. The fraction of sp³-hybridized carbons (Fsp3) is 0.545. The largest absolute Gasteiger partial charge is 0.345 e. The van der Waals surface area contributed by atoms with Gasteiger partial charge in [0.25, 0.3) is 11.8 Å². The lowest BCUT2D eigenvalue weighted by Gasteiger charge is -2.43. The van der Waals surface area contributed by atoms with Gasteiger partial charge in [0.2, 0.25) is 5.91 Å². The Bertz CT molecular complexity index is 895. The maximum Gasteiger partial charge on any atom is 0.325 e. The van der Waals surface area contributed by atoms with Crippen molar-refractivity contribution in [2.75, 3.05) is 26.0 Å². The lowest BCUT2D eigenvalue weighted by Crippen LogP contribution is -2.54. The predicted molar refractivity (Wildman–Crippen MR) is 113 cm³/mol. The van der Waals surface area contributed by atoms with Crippen LogP contribution in [0.4, 0.5) is 10.5 Å². The number of hydrogen-bond acceptors (Lipinski definition) is 4. The second-order valence-electron chi connectivity index (χ2n) is 9.59. The van der Waals surface area contributed by atoms with Gasteiger partial charge in [0, 0.05) is 25.3 Å². The van der Waals surface area contributed by atoms with E-state index in [1.54, 1.807) is 38.4 Å². The van der Waals surface area contributed by atoms with Crippen LogP contribution in [0.1, 0.15) is 50.4 Å². The highest BCUT2D eigenvalue weighted by molar-refractivity contribution is 6.10. The van der Waals surface area contributed by atoms with E-state index >= 15 is 0 Å². The van der Waals surface area contributed by atoms with E-state index in [0.29, 0.717) is 30.0 Å². The fourth-order valence-corrected chi connectivity index (χ4v) is 4.98. The minimum Gasteiger partial charge on any atom is -0.345 e. The summed E-state index contributed by atoms with van der Waals surface area (Å²) < 4.78 is 0. The van der Waals surface area contributed by atoms with E-state index in [1.165, 1.54) is 4.90 Å². The molecule has 30 heavy (non-hydrogen) atoms. The van der Waals surface area contributed by atoms with Gasteiger partial charge in [-0.05, 0) is 48.8 Å². The summed E-state index contributed by atoms with van der Waals surface area (Å²) in [6.45, 7) is 5.91. The lowest BCUT2D eigenvalue weighted by atomic mass is 9.64. The highest BCUT2D eigenvalue weighted by atomic mass is 16.2. The van der Waals surface area contributed by atoms with Gasteiger partial charge in [0.05, 0.1) is 0 Å². The second-order valence-corrected chi connectivity index (χ2v) is 9.59.